The summed E-state index contributed by atoms with van der Waals surface area (Å²) >= 11 is 0. The molecule has 3 amide bonds. The monoisotopic (exact) mass is 445 g/mol. The van der Waals surface area contributed by atoms with Crippen LogP contribution >= 0.6 is 0 Å². The minimum Gasteiger partial charge on any atom is -0.495 e. The lowest BCUT2D eigenvalue weighted by Crippen LogP contribution is -2.31. The molecule has 0 fully saturated rings. The average Bonchev–Trinajstić information content (AvgIpc) is 3.20. The fourth-order valence-electron chi connectivity index (χ4n) is 3.17. The van der Waals surface area contributed by atoms with Crippen LogP contribution < -0.4 is 20.7 Å². The normalized spacial score (nSPS) is 10.8. The lowest BCUT2D eigenvalue weighted by Gasteiger charge is -2.13. The van der Waals surface area contributed by atoms with E-state index in [9.17, 15) is 9.59 Å². The van der Waals surface area contributed by atoms with Crippen molar-refractivity contribution in [3.63, 3.8) is 0 Å². The fourth-order valence-corrected chi connectivity index (χ4v) is 3.17. The van der Waals surface area contributed by atoms with Gasteiger partial charge in [-0.25, -0.2) is 14.3 Å². The summed E-state index contributed by atoms with van der Waals surface area (Å²) in [4.78, 5) is 33.5. The number of pyridine rings is 1. The first kappa shape index (κ1) is 21.8. The Morgan fingerprint density at radius 3 is 2.67 bits per heavy atom. The quantitative estimate of drug-likeness (QED) is 0.417. The molecule has 10 heteroatoms. The molecule has 0 spiro atoms. The summed E-state index contributed by atoms with van der Waals surface area (Å²) in [5.74, 6) is 0.670. The number of rotatable bonds is 6. The Labute approximate surface area is 190 Å². The standard InChI is InChI=1S/C23H23N7O3/c1-14(2)25-22(31)17-6-4-5-7-19(17)26-23(32)28-20-13-30-21(27-20)9-8-18(29-30)15-10-16(33-3)12-24-11-15/h4-14H,1-3H3,(H,25,31)(H2,26,28,32). The zero-order chi connectivity index (χ0) is 23.4. The minimum absolute atomic E-state index is 0.0255. The van der Waals surface area contributed by atoms with Crippen molar-refractivity contribution in [3.05, 3.63) is 66.6 Å². The average molecular weight is 445 g/mol. The molecular formula is C23H23N7O3. The number of amides is 3. The zero-order valence-corrected chi connectivity index (χ0v) is 18.4. The fraction of sp³-hybridized carbons (Fsp3) is 0.174. The van der Waals surface area contributed by atoms with Crippen molar-refractivity contribution >= 4 is 29.1 Å². The van der Waals surface area contributed by atoms with Crippen LogP contribution in [0, 0.1) is 0 Å². The Bertz CT molecular complexity index is 1320. The van der Waals surface area contributed by atoms with Gasteiger partial charge in [-0.2, -0.15) is 5.10 Å². The van der Waals surface area contributed by atoms with Gasteiger partial charge < -0.3 is 15.4 Å². The number of anilines is 2. The smallest absolute Gasteiger partial charge is 0.324 e. The molecule has 0 unspecified atom stereocenters. The summed E-state index contributed by atoms with van der Waals surface area (Å²) in [5, 5.41) is 12.7. The van der Waals surface area contributed by atoms with Gasteiger partial charge in [0.1, 0.15) is 5.75 Å². The Kier molecular flexibility index (Phi) is 6.16. The molecule has 168 valence electrons. The van der Waals surface area contributed by atoms with E-state index < -0.39 is 6.03 Å². The molecule has 3 heterocycles. The second-order valence-electron chi connectivity index (χ2n) is 7.51. The summed E-state index contributed by atoms with van der Waals surface area (Å²) in [6.07, 6.45) is 4.90. The number of imidazole rings is 1. The van der Waals surface area contributed by atoms with Crippen LogP contribution in [0.4, 0.5) is 16.3 Å². The van der Waals surface area contributed by atoms with E-state index in [1.54, 1.807) is 60.5 Å². The maximum absolute atomic E-state index is 12.6. The highest BCUT2D eigenvalue weighted by atomic mass is 16.5. The third-order valence-corrected chi connectivity index (χ3v) is 4.65. The van der Waals surface area contributed by atoms with E-state index in [2.05, 4.69) is 31.0 Å². The maximum Gasteiger partial charge on any atom is 0.324 e. The number of nitrogens with one attached hydrogen (secondary N) is 3. The maximum atomic E-state index is 12.6. The van der Waals surface area contributed by atoms with Gasteiger partial charge in [-0.05, 0) is 44.2 Å². The molecule has 0 bridgehead atoms. The SMILES string of the molecule is COc1cncc(-c2ccc3nc(NC(=O)Nc4ccccc4C(=O)NC(C)C)cn3n2)c1. The minimum atomic E-state index is -0.527. The molecule has 0 saturated carbocycles. The molecule has 0 radical (unpaired) electrons. The number of nitrogens with zero attached hydrogens (tertiary/aromatic N) is 4. The summed E-state index contributed by atoms with van der Waals surface area (Å²) < 4.78 is 6.78. The van der Waals surface area contributed by atoms with E-state index >= 15 is 0 Å². The van der Waals surface area contributed by atoms with E-state index in [1.807, 2.05) is 26.0 Å². The molecular weight excluding hydrogens is 422 g/mol. The number of hydrogen-bond acceptors (Lipinski definition) is 6. The van der Waals surface area contributed by atoms with Gasteiger partial charge in [-0.1, -0.05) is 12.1 Å². The molecule has 3 N–H and O–H groups in total. The predicted molar refractivity (Wildman–Crippen MR) is 124 cm³/mol. The van der Waals surface area contributed by atoms with Crippen molar-refractivity contribution < 1.29 is 14.3 Å². The number of urea groups is 1. The largest absolute Gasteiger partial charge is 0.495 e. The predicted octanol–water partition coefficient (Wildman–Crippen LogP) is 3.58. The molecule has 0 atom stereocenters. The molecule has 0 aliphatic rings. The summed E-state index contributed by atoms with van der Waals surface area (Å²) in [6, 6.07) is 11.7. The number of carbonyl (C=O) groups excluding carboxylic acids is 2. The summed E-state index contributed by atoms with van der Waals surface area (Å²) in [6.45, 7) is 3.74. The highest BCUT2D eigenvalue weighted by molar-refractivity contribution is 6.06. The summed E-state index contributed by atoms with van der Waals surface area (Å²) in [5.41, 5.74) is 2.78. The first-order chi connectivity index (χ1) is 15.9. The topological polar surface area (TPSA) is 123 Å². The van der Waals surface area contributed by atoms with Gasteiger partial charge in [0.15, 0.2) is 11.5 Å². The van der Waals surface area contributed by atoms with Gasteiger partial charge >= 0.3 is 6.03 Å². The highest BCUT2D eigenvalue weighted by Gasteiger charge is 2.15. The molecule has 0 aliphatic carbocycles. The number of carbonyl (C=O) groups is 2. The van der Waals surface area contributed by atoms with Gasteiger partial charge in [0.25, 0.3) is 5.91 Å². The molecule has 10 nitrogen and oxygen atoms in total. The molecule has 1 aromatic carbocycles. The van der Waals surface area contributed by atoms with E-state index in [1.165, 1.54) is 0 Å². The van der Waals surface area contributed by atoms with Crippen molar-refractivity contribution in [2.45, 2.75) is 19.9 Å². The third kappa shape index (κ3) is 5.06. The van der Waals surface area contributed by atoms with Crippen LogP contribution in [0.3, 0.4) is 0 Å². The lowest BCUT2D eigenvalue weighted by atomic mass is 10.1. The number of benzene rings is 1. The Morgan fingerprint density at radius 1 is 1.06 bits per heavy atom. The van der Waals surface area contributed by atoms with E-state index in [4.69, 9.17) is 4.74 Å². The zero-order valence-electron chi connectivity index (χ0n) is 18.4. The first-order valence-electron chi connectivity index (χ1n) is 10.3. The Balaban J connectivity index is 1.50. The van der Waals surface area contributed by atoms with Crippen molar-refractivity contribution in [2.75, 3.05) is 17.7 Å². The van der Waals surface area contributed by atoms with Crippen LogP contribution in [0.1, 0.15) is 24.2 Å². The molecule has 0 aliphatic heterocycles. The van der Waals surface area contributed by atoms with Crippen molar-refractivity contribution in [3.8, 4) is 17.0 Å². The molecule has 33 heavy (non-hydrogen) atoms. The second kappa shape index (κ2) is 9.35. The van der Waals surface area contributed by atoms with Gasteiger partial charge in [0.2, 0.25) is 0 Å². The Hall–Kier alpha value is -4.47. The number of methoxy groups -OCH3 is 1. The van der Waals surface area contributed by atoms with Gasteiger partial charge in [0, 0.05) is 17.8 Å². The van der Waals surface area contributed by atoms with Gasteiger partial charge in [-0.3, -0.25) is 15.1 Å². The van der Waals surface area contributed by atoms with Crippen LogP contribution in [-0.2, 0) is 0 Å². The van der Waals surface area contributed by atoms with Crippen LogP contribution in [0.2, 0.25) is 0 Å². The second-order valence-corrected chi connectivity index (χ2v) is 7.51. The molecule has 0 saturated heterocycles. The third-order valence-electron chi connectivity index (χ3n) is 4.65. The van der Waals surface area contributed by atoms with Crippen molar-refractivity contribution in [1.82, 2.24) is 24.9 Å². The number of ether oxygens (including phenoxy) is 1. The van der Waals surface area contributed by atoms with Crippen LogP contribution in [0.15, 0.2) is 61.1 Å². The number of para-hydroxylation sites is 1. The molecule has 4 aromatic rings. The van der Waals surface area contributed by atoms with Crippen molar-refractivity contribution in [2.24, 2.45) is 0 Å². The van der Waals surface area contributed by atoms with E-state index in [-0.39, 0.29) is 11.9 Å². The van der Waals surface area contributed by atoms with Crippen LogP contribution in [0.25, 0.3) is 16.9 Å². The molecule has 3 aromatic heterocycles. The lowest BCUT2D eigenvalue weighted by molar-refractivity contribution is 0.0944. The number of fused-ring (bicyclic) bond motifs is 1. The van der Waals surface area contributed by atoms with Crippen molar-refractivity contribution in [1.29, 1.82) is 0 Å². The van der Waals surface area contributed by atoms with Crippen LogP contribution in [-0.4, -0.2) is 44.7 Å². The van der Waals surface area contributed by atoms with Gasteiger partial charge in [-0.15, -0.1) is 0 Å². The van der Waals surface area contributed by atoms with E-state index in [0.29, 0.717) is 34.2 Å². The molecule has 4 rings (SSSR count). The van der Waals surface area contributed by atoms with E-state index in [0.717, 1.165) is 5.56 Å². The van der Waals surface area contributed by atoms with Gasteiger partial charge in [0.05, 0.1) is 36.4 Å². The number of aromatic nitrogens is 4. The van der Waals surface area contributed by atoms with Crippen LogP contribution in [0.5, 0.6) is 5.75 Å². The first-order valence-corrected chi connectivity index (χ1v) is 10.3. The Morgan fingerprint density at radius 2 is 1.88 bits per heavy atom. The number of hydrogen-bond donors (Lipinski definition) is 3. The highest BCUT2D eigenvalue weighted by Crippen LogP contribution is 2.22. The summed E-state index contributed by atoms with van der Waals surface area (Å²) in [7, 11) is 1.57.